The fourth-order valence-electron chi connectivity index (χ4n) is 0.738. The summed E-state index contributed by atoms with van der Waals surface area (Å²) in [5.41, 5.74) is 0. The van der Waals surface area contributed by atoms with E-state index in [9.17, 15) is 0 Å². The van der Waals surface area contributed by atoms with E-state index in [0.29, 0.717) is 19.3 Å². The summed E-state index contributed by atoms with van der Waals surface area (Å²) in [6, 6.07) is 0. The van der Waals surface area contributed by atoms with Gasteiger partial charge in [-0.25, -0.2) is 0 Å². The first-order valence-corrected chi connectivity index (χ1v) is 3.71. The molecule has 1 unspecified atom stereocenters. The second kappa shape index (κ2) is 6.78. The van der Waals surface area contributed by atoms with Crippen LogP contribution >= 0.6 is 0 Å². The van der Waals surface area contributed by atoms with Gasteiger partial charge < -0.3 is 10.2 Å². The van der Waals surface area contributed by atoms with E-state index in [1.807, 2.05) is 19.1 Å². The second-order valence-electron chi connectivity index (χ2n) is 2.32. The molecule has 0 aliphatic rings. The maximum atomic E-state index is 9.15. The van der Waals surface area contributed by atoms with Crippen LogP contribution in [0.5, 0.6) is 0 Å². The summed E-state index contributed by atoms with van der Waals surface area (Å²) in [5, 5.41) is 17.6. The van der Waals surface area contributed by atoms with Gasteiger partial charge in [-0.3, -0.25) is 0 Å². The first-order valence-electron chi connectivity index (χ1n) is 3.71. The van der Waals surface area contributed by atoms with Crippen LogP contribution in [0.25, 0.3) is 0 Å². The molecule has 0 aliphatic carbocycles. The van der Waals surface area contributed by atoms with E-state index in [1.54, 1.807) is 0 Å². The highest BCUT2D eigenvalue weighted by Crippen LogP contribution is 2.01. The molecule has 0 aliphatic heterocycles. The molecule has 0 fully saturated rings. The number of aliphatic hydroxyl groups is 2. The smallest absolute Gasteiger partial charge is 0.0575 e. The average molecular weight is 144 g/mol. The van der Waals surface area contributed by atoms with Crippen molar-refractivity contribution in [2.75, 3.05) is 6.61 Å². The van der Waals surface area contributed by atoms with Crippen LogP contribution in [0.1, 0.15) is 26.2 Å². The van der Waals surface area contributed by atoms with Crippen molar-refractivity contribution >= 4 is 0 Å². The summed E-state index contributed by atoms with van der Waals surface area (Å²) >= 11 is 0. The van der Waals surface area contributed by atoms with Crippen molar-refractivity contribution in [1.29, 1.82) is 0 Å². The summed E-state index contributed by atoms with van der Waals surface area (Å²) in [6.45, 7) is 2.10. The molecule has 2 heteroatoms. The van der Waals surface area contributed by atoms with Crippen LogP contribution in [0.4, 0.5) is 0 Å². The molecule has 2 N–H and O–H groups in total. The van der Waals surface area contributed by atoms with Crippen molar-refractivity contribution in [1.82, 2.24) is 0 Å². The van der Waals surface area contributed by atoms with E-state index in [1.165, 1.54) is 0 Å². The standard InChI is InChI=1S/C8H16O2/c1-2-3-5-8(10)6-4-7-9/h2-3,8-10H,4-7H2,1H3. The molecule has 0 aromatic heterocycles. The Bertz CT molecular complexity index is 89.3. The van der Waals surface area contributed by atoms with Crippen molar-refractivity contribution in [2.24, 2.45) is 0 Å². The molecule has 0 aromatic carbocycles. The van der Waals surface area contributed by atoms with Gasteiger partial charge in [0.2, 0.25) is 0 Å². The number of hydrogen-bond acceptors (Lipinski definition) is 2. The average Bonchev–Trinajstić information content (AvgIpc) is 1.97. The lowest BCUT2D eigenvalue weighted by Crippen LogP contribution is -2.05. The molecule has 0 bridgehead atoms. The quantitative estimate of drug-likeness (QED) is 0.567. The molecule has 0 radical (unpaired) electrons. The highest BCUT2D eigenvalue weighted by Gasteiger charge is 1.98. The summed E-state index contributed by atoms with van der Waals surface area (Å²) in [5.74, 6) is 0. The molecule has 1 atom stereocenters. The molecule has 0 rings (SSSR count). The lowest BCUT2D eigenvalue weighted by atomic mass is 10.1. The van der Waals surface area contributed by atoms with E-state index >= 15 is 0 Å². The lowest BCUT2D eigenvalue weighted by Gasteiger charge is -2.04. The van der Waals surface area contributed by atoms with Gasteiger partial charge in [0.05, 0.1) is 6.10 Å². The fourth-order valence-corrected chi connectivity index (χ4v) is 0.738. The highest BCUT2D eigenvalue weighted by molar-refractivity contribution is 4.79. The van der Waals surface area contributed by atoms with E-state index in [0.717, 1.165) is 0 Å². The molecular formula is C8H16O2. The van der Waals surface area contributed by atoms with Gasteiger partial charge in [0.1, 0.15) is 0 Å². The topological polar surface area (TPSA) is 40.5 Å². The van der Waals surface area contributed by atoms with E-state index in [-0.39, 0.29) is 12.7 Å². The number of hydrogen-bond donors (Lipinski definition) is 2. The largest absolute Gasteiger partial charge is 0.396 e. The number of allylic oxidation sites excluding steroid dienone is 1. The third-order valence-corrected chi connectivity index (χ3v) is 1.34. The molecule has 0 saturated heterocycles. The van der Waals surface area contributed by atoms with Crippen molar-refractivity contribution in [3.8, 4) is 0 Å². The van der Waals surface area contributed by atoms with Crippen LogP contribution in [0.3, 0.4) is 0 Å². The maximum absolute atomic E-state index is 9.15. The van der Waals surface area contributed by atoms with Crippen LogP contribution in [-0.4, -0.2) is 22.9 Å². The first kappa shape index (κ1) is 9.66. The normalized spacial score (nSPS) is 14.3. The zero-order valence-corrected chi connectivity index (χ0v) is 6.45. The minimum absolute atomic E-state index is 0.174. The van der Waals surface area contributed by atoms with E-state index in [2.05, 4.69) is 0 Å². The molecule has 0 aromatic rings. The Hall–Kier alpha value is -0.340. The van der Waals surface area contributed by atoms with Gasteiger partial charge in [0.25, 0.3) is 0 Å². The molecule has 2 nitrogen and oxygen atoms in total. The van der Waals surface area contributed by atoms with Gasteiger partial charge in [-0.05, 0) is 26.2 Å². The second-order valence-corrected chi connectivity index (χ2v) is 2.32. The van der Waals surface area contributed by atoms with E-state index in [4.69, 9.17) is 10.2 Å². The maximum Gasteiger partial charge on any atom is 0.0575 e. The van der Waals surface area contributed by atoms with Gasteiger partial charge in [-0.1, -0.05) is 12.2 Å². The molecule has 0 saturated carbocycles. The first-order chi connectivity index (χ1) is 4.81. The van der Waals surface area contributed by atoms with Gasteiger partial charge in [0.15, 0.2) is 0 Å². The monoisotopic (exact) mass is 144 g/mol. The van der Waals surface area contributed by atoms with Crippen molar-refractivity contribution < 1.29 is 10.2 Å². The highest BCUT2D eigenvalue weighted by atomic mass is 16.3. The van der Waals surface area contributed by atoms with Crippen LogP contribution in [0.2, 0.25) is 0 Å². The van der Waals surface area contributed by atoms with Gasteiger partial charge in [-0.15, -0.1) is 0 Å². The number of aliphatic hydroxyl groups excluding tert-OH is 2. The lowest BCUT2D eigenvalue weighted by molar-refractivity contribution is 0.152. The summed E-state index contributed by atoms with van der Waals surface area (Å²) in [4.78, 5) is 0. The Kier molecular flexibility index (Phi) is 6.55. The minimum atomic E-state index is -0.275. The number of rotatable bonds is 5. The minimum Gasteiger partial charge on any atom is -0.396 e. The molecule has 0 spiro atoms. The Morgan fingerprint density at radius 2 is 2.20 bits per heavy atom. The van der Waals surface area contributed by atoms with Crippen molar-refractivity contribution in [3.63, 3.8) is 0 Å². The van der Waals surface area contributed by atoms with Gasteiger partial charge >= 0.3 is 0 Å². The van der Waals surface area contributed by atoms with Gasteiger partial charge in [-0.2, -0.15) is 0 Å². The van der Waals surface area contributed by atoms with E-state index < -0.39 is 0 Å². The predicted octanol–water partition coefficient (Wildman–Crippen LogP) is 1.09. The predicted molar refractivity (Wildman–Crippen MR) is 41.8 cm³/mol. The SMILES string of the molecule is CC=CCC(O)CCCO. The van der Waals surface area contributed by atoms with Crippen LogP contribution < -0.4 is 0 Å². The Labute approximate surface area is 62.2 Å². The van der Waals surface area contributed by atoms with Crippen molar-refractivity contribution in [2.45, 2.75) is 32.3 Å². The summed E-state index contributed by atoms with van der Waals surface area (Å²) in [6.07, 6.45) is 5.67. The summed E-state index contributed by atoms with van der Waals surface area (Å²) in [7, 11) is 0. The zero-order valence-electron chi connectivity index (χ0n) is 6.45. The van der Waals surface area contributed by atoms with Crippen LogP contribution in [-0.2, 0) is 0 Å². The third-order valence-electron chi connectivity index (χ3n) is 1.34. The van der Waals surface area contributed by atoms with Crippen LogP contribution in [0.15, 0.2) is 12.2 Å². The Morgan fingerprint density at radius 1 is 1.50 bits per heavy atom. The molecule has 0 heterocycles. The molecular weight excluding hydrogens is 128 g/mol. The van der Waals surface area contributed by atoms with Gasteiger partial charge in [0, 0.05) is 6.61 Å². The van der Waals surface area contributed by atoms with Crippen LogP contribution in [0, 0.1) is 0 Å². The van der Waals surface area contributed by atoms with Crippen molar-refractivity contribution in [3.05, 3.63) is 12.2 Å². The summed E-state index contributed by atoms with van der Waals surface area (Å²) < 4.78 is 0. The molecule has 0 amide bonds. The Morgan fingerprint density at radius 3 is 2.70 bits per heavy atom. The molecule has 60 valence electrons. The molecule has 10 heavy (non-hydrogen) atoms. The Balaban J connectivity index is 3.16. The third kappa shape index (κ3) is 5.79. The fraction of sp³-hybridized carbons (Fsp3) is 0.750. The zero-order chi connectivity index (χ0) is 7.82.